The maximum Gasteiger partial charge on any atom is 0.192 e. The Bertz CT molecular complexity index is 553. The normalized spacial score (nSPS) is 18.3. The molecule has 0 saturated heterocycles. The van der Waals surface area contributed by atoms with Gasteiger partial charge in [0.25, 0.3) is 0 Å². The molecule has 18 heavy (non-hydrogen) atoms. The van der Waals surface area contributed by atoms with Crippen LogP contribution in [0.3, 0.4) is 0 Å². The van der Waals surface area contributed by atoms with Crippen molar-refractivity contribution in [3.63, 3.8) is 0 Å². The fraction of sp³-hybridized carbons (Fsp3) is 0.154. The number of phenolic OH excluding ortho intramolecular Hbond substituents is 1. The van der Waals surface area contributed by atoms with Crippen molar-refractivity contribution in [3.8, 4) is 11.8 Å². The SMILES string of the molecule is N#CC1=NC=CC(=O)C1OCc1ccc(O)cc1. The van der Waals surface area contributed by atoms with Crippen LogP contribution in [-0.4, -0.2) is 22.7 Å². The van der Waals surface area contributed by atoms with Gasteiger partial charge in [0.1, 0.15) is 11.8 Å². The molecule has 0 aliphatic carbocycles. The predicted molar refractivity (Wildman–Crippen MR) is 63.9 cm³/mol. The molecule has 1 unspecified atom stereocenters. The molecule has 1 aliphatic rings. The van der Waals surface area contributed by atoms with E-state index in [1.165, 1.54) is 24.4 Å². The van der Waals surface area contributed by atoms with Crippen LogP contribution in [0.25, 0.3) is 0 Å². The summed E-state index contributed by atoms with van der Waals surface area (Å²) in [6, 6.07) is 8.26. The van der Waals surface area contributed by atoms with Gasteiger partial charge in [-0.25, -0.2) is 4.99 Å². The second kappa shape index (κ2) is 5.25. The lowest BCUT2D eigenvalue weighted by atomic mass is 10.1. The molecule has 90 valence electrons. The third-order valence-electron chi connectivity index (χ3n) is 2.43. The van der Waals surface area contributed by atoms with Gasteiger partial charge in [0.05, 0.1) is 6.61 Å². The lowest BCUT2D eigenvalue weighted by Gasteiger charge is -2.15. The van der Waals surface area contributed by atoms with Crippen molar-refractivity contribution in [1.29, 1.82) is 5.26 Å². The largest absolute Gasteiger partial charge is 0.508 e. The van der Waals surface area contributed by atoms with E-state index in [0.717, 1.165) is 5.56 Å². The first-order valence-electron chi connectivity index (χ1n) is 5.28. The number of aliphatic imine (C=N–C) groups is 1. The standard InChI is InChI=1S/C13H10N2O3/c14-7-11-13(12(17)5-6-15-11)18-8-9-1-3-10(16)4-2-9/h1-6,13,16H,8H2. The summed E-state index contributed by atoms with van der Waals surface area (Å²) in [5.41, 5.74) is 0.855. The van der Waals surface area contributed by atoms with Crippen LogP contribution in [0.15, 0.2) is 41.5 Å². The number of benzene rings is 1. The van der Waals surface area contributed by atoms with Crippen LogP contribution in [0.2, 0.25) is 0 Å². The van der Waals surface area contributed by atoms with E-state index in [1.54, 1.807) is 12.1 Å². The zero-order valence-corrected chi connectivity index (χ0v) is 9.41. The van der Waals surface area contributed by atoms with Crippen molar-refractivity contribution in [1.82, 2.24) is 0 Å². The monoisotopic (exact) mass is 242 g/mol. The van der Waals surface area contributed by atoms with Gasteiger partial charge in [0.15, 0.2) is 17.6 Å². The number of hydrogen-bond acceptors (Lipinski definition) is 5. The van der Waals surface area contributed by atoms with Crippen LogP contribution in [0.1, 0.15) is 5.56 Å². The number of ketones is 1. The van der Waals surface area contributed by atoms with Gasteiger partial charge in [-0.15, -0.1) is 0 Å². The van der Waals surface area contributed by atoms with Crippen LogP contribution in [0, 0.1) is 11.3 Å². The quantitative estimate of drug-likeness (QED) is 0.866. The second-order valence-corrected chi connectivity index (χ2v) is 3.70. The average Bonchev–Trinajstić information content (AvgIpc) is 2.39. The number of hydrogen-bond donors (Lipinski definition) is 1. The highest BCUT2D eigenvalue weighted by molar-refractivity contribution is 6.19. The smallest absolute Gasteiger partial charge is 0.192 e. The van der Waals surface area contributed by atoms with E-state index >= 15 is 0 Å². The summed E-state index contributed by atoms with van der Waals surface area (Å²) in [6.45, 7) is 0.172. The Hall–Kier alpha value is -2.45. The Morgan fingerprint density at radius 2 is 2.11 bits per heavy atom. The Kier molecular flexibility index (Phi) is 3.51. The molecule has 0 aromatic heterocycles. The first kappa shape index (κ1) is 12.0. The van der Waals surface area contributed by atoms with Gasteiger partial charge in [-0.1, -0.05) is 12.1 Å². The van der Waals surface area contributed by atoms with Gasteiger partial charge in [0.2, 0.25) is 0 Å². The molecule has 0 spiro atoms. The van der Waals surface area contributed by atoms with Gasteiger partial charge in [0, 0.05) is 12.3 Å². The summed E-state index contributed by atoms with van der Waals surface area (Å²) in [7, 11) is 0. The summed E-state index contributed by atoms with van der Waals surface area (Å²) in [5.74, 6) is -0.130. The third kappa shape index (κ3) is 2.62. The summed E-state index contributed by atoms with van der Waals surface area (Å²) < 4.78 is 5.39. The topological polar surface area (TPSA) is 82.7 Å². The number of ether oxygens (including phenoxy) is 1. The molecular formula is C13H10N2O3. The summed E-state index contributed by atoms with van der Waals surface area (Å²) in [4.78, 5) is 15.4. The minimum absolute atomic E-state index is 0.0567. The van der Waals surface area contributed by atoms with E-state index in [1.807, 2.05) is 6.07 Å². The molecule has 0 bridgehead atoms. The zero-order chi connectivity index (χ0) is 13.0. The summed E-state index contributed by atoms with van der Waals surface area (Å²) in [6.07, 6.45) is 1.64. The van der Waals surface area contributed by atoms with Crippen LogP contribution in [0.4, 0.5) is 0 Å². The fourth-order valence-electron chi connectivity index (χ4n) is 1.50. The number of phenols is 1. The van der Waals surface area contributed by atoms with Crippen molar-refractivity contribution in [2.75, 3.05) is 0 Å². The van der Waals surface area contributed by atoms with Crippen molar-refractivity contribution < 1.29 is 14.6 Å². The molecule has 1 aliphatic heterocycles. The van der Waals surface area contributed by atoms with Crippen molar-refractivity contribution in [3.05, 3.63) is 42.1 Å². The molecule has 1 aromatic rings. The van der Waals surface area contributed by atoms with E-state index in [0.29, 0.717) is 0 Å². The van der Waals surface area contributed by atoms with Gasteiger partial charge >= 0.3 is 0 Å². The number of nitriles is 1. The van der Waals surface area contributed by atoms with E-state index in [2.05, 4.69) is 4.99 Å². The number of carbonyl (C=O) groups excluding carboxylic acids is 1. The van der Waals surface area contributed by atoms with E-state index in [9.17, 15) is 4.79 Å². The van der Waals surface area contributed by atoms with Crippen molar-refractivity contribution in [2.45, 2.75) is 12.7 Å². The number of rotatable bonds is 3. The lowest BCUT2D eigenvalue weighted by Crippen LogP contribution is -2.32. The molecule has 0 saturated carbocycles. The predicted octanol–water partition coefficient (Wildman–Crippen LogP) is 1.34. The molecule has 0 fully saturated rings. The molecule has 5 heteroatoms. The fourth-order valence-corrected chi connectivity index (χ4v) is 1.50. The van der Waals surface area contributed by atoms with Crippen molar-refractivity contribution >= 4 is 11.5 Å². The number of nitrogens with zero attached hydrogens (tertiary/aromatic N) is 2. The Morgan fingerprint density at radius 1 is 1.39 bits per heavy atom. The molecule has 1 atom stereocenters. The van der Waals surface area contributed by atoms with E-state index < -0.39 is 6.10 Å². The number of carbonyl (C=O) groups is 1. The molecule has 2 rings (SSSR count). The average molecular weight is 242 g/mol. The minimum Gasteiger partial charge on any atom is -0.508 e. The second-order valence-electron chi connectivity index (χ2n) is 3.70. The molecule has 1 aromatic carbocycles. The van der Waals surface area contributed by atoms with Gasteiger partial charge in [-0.05, 0) is 17.7 Å². The molecule has 0 amide bonds. The molecular weight excluding hydrogens is 232 g/mol. The third-order valence-corrected chi connectivity index (χ3v) is 2.43. The van der Waals surface area contributed by atoms with Gasteiger partial charge in [-0.3, -0.25) is 4.79 Å². The van der Waals surface area contributed by atoms with Gasteiger partial charge < -0.3 is 9.84 Å². The highest BCUT2D eigenvalue weighted by Gasteiger charge is 2.25. The Labute approximate surface area is 104 Å². The van der Waals surface area contributed by atoms with Crippen LogP contribution < -0.4 is 0 Å². The Morgan fingerprint density at radius 3 is 2.78 bits per heavy atom. The van der Waals surface area contributed by atoms with Crippen molar-refractivity contribution in [2.24, 2.45) is 4.99 Å². The van der Waals surface area contributed by atoms with Gasteiger partial charge in [-0.2, -0.15) is 5.26 Å². The molecule has 0 radical (unpaired) electrons. The van der Waals surface area contributed by atoms with Crippen LogP contribution in [0.5, 0.6) is 5.75 Å². The maximum atomic E-state index is 11.6. The summed E-state index contributed by atoms with van der Waals surface area (Å²) in [5, 5.41) is 18.0. The van der Waals surface area contributed by atoms with E-state index in [-0.39, 0.29) is 23.9 Å². The first-order chi connectivity index (χ1) is 8.70. The number of aromatic hydroxyl groups is 1. The maximum absolute atomic E-state index is 11.6. The van der Waals surface area contributed by atoms with Crippen LogP contribution >= 0.6 is 0 Å². The highest BCUT2D eigenvalue weighted by Crippen LogP contribution is 2.13. The molecule has 5 nitrogen and oxygen atoms in total. The first-order valence-corrected chi connectivity index (χ1v) is 5.28. The van der Waals surface area contributed by atoms with Crippen LogP contribution in [-0.2, 0) is 16.1 Å². The zero-order valence-electron chi connectivity index (χ0n) is 9.41. The molecule has 1 heterocycles. The highest BCUT2D eigenvalue weighted by atomic mass is 16.5. The summed E-state index contributed by atoms with van der Waals surface area (Å²) >= 11 is 0. The molecule has 1 N–H and O–H groups in total. The lowest BCUT2D eigenvalue weighted by molar-refractivity contribution is -0.122. The minimum atomic E-state index is -0.936. The van der Waals surface area contributed by atoms with E-state index in [4.69, 9.17) is 15.1 Å². The Balaban J connectivity index is 2.04.